The van der Waals surface area contributed by atoms with Crippen LogP contribution in [0.5, 0.6) is 0 Å². The molecule has 1 aliphatic heterocycles. The molecule has 0 radical (unpaired) electrons. The fourth-order valence-electron chi connectivity index (χ4n) is 2.14. The largest absolute Gasteiger partial charge is 0.611 e. The van der Waals surface area contributed by atoms with Crippen LogP contribution in [0, 0.1) is 0 Å². The topological polar surface area (TPSA) is 70.0 Å². The molecule has 0 fully saturated rings. The van der Waals surface area contributed by atoms with Crippen LogP contribution in [0.1, 0.15) is 13.3 Å². The average Bonchev–Trinajstić information content (AvgIpc) is 2.73. The number of hydrogen-bond acceptors (Lipinski definition) is 3. The van der Waals surface area contributed by atoms with Crippen LogP contribution in [0.2, 0.25) is 0 Å². The second kappa shape index (κ2) is 4.29. The van der Waals surface area contributed by atoms with Crippen molar-refractivity contribution in [2.75, 3.05) is 11.1 Å². The van der Waals surface area contributed by atoms with Gasteiger partial charge in [0, 0.05) is 19.0 Å². The molecule has 3 rings (SSSR count). The standard InChI is InChI=1S/C12H13N3O2S/c1-2-18(17)8-3-4-10-9(7-8)13-12-14-11(16)5-6-15(10)12/h3-4,7H,2,5-6H2,1H3,(H,13,14,16). The Bertz CT molecular complexity index is 623. The summed E-state index contributed by atoms with van der Waals surface area (Å²) in [6, 6.07) is 5.63. The van der Waals surface area contributed by atoms with Crippen LogP contribution in [-0.4, -0.2) is 25.8 Å². The molecule has 5 nitrogen and oxygen atoms in total. The van der Waals surface area contributed by atoms with Gasteiger partial charge in [0.2, 0.25) is 11.9 Å². The van der Waals surface area contributed by atoms with Crippen LogP contribution in [0.25, 0.3) is 11.0 Å². The summed E-state index contributed by atoms with van der Waals surface area (Å²) in [5.41, 5.74) is 1.76. The van der Waals surface area contributed by atoms with Crippen molar-refractivity contribution in [3.63, 3.8) is 0 Å². The summed E-state index contributed by atoms with van der Waals surface area (Å²) in [5, 5.41) is 2.75. The van der Waals surface area contributed by atoms with E-state index < -0.39 is 11.2 Å². The summed E-state index contributed by atoms with van der Waals surface area (Å²) in [5.74, 6) is 1.17. The van der Waals surface area contributed by atoms with E-state index in [-0.39, 0.29) is 5.91 Å². The monoisotopic (exact) mass is 263 g/mol. The number of nitrogens with one attached hydrogen (secondary N) is 1. The Morgan fingerprint density at radius 2 is 2.39 bits per heavy atom. The van der Waals surface area contributed by atoms with Gasteiger partial charge in [0.05, 0.1) is 11.0 Å². The third-order valence-electron chi connectivity index (χ3n) is 3.06. The van der Waals surface area contributed by atoms with Gasteiger partial charge in [-0.25, -0.2) is 4.98 Å². The number of nitrogens with zero attached hydrogens (tertiary/aromatic N) is 2. The van der Waals surface area contributed by atoms with Crippen molar-refractivity contribution >= 4 is 34.1 Å². The lowest BCUT2D eigenvalue weighted by Gasteiger charge is -2.14. The van der Waals surface area contributed by atoms with Crippen molar-refractivity contribution in [2.45, 2.75) is 24.8 Å². The number of rotatable bonds is 2. The van der Waals surface area contributed by atoms with Gasteiger partial charge in [0.25, 0.3) is 0 Å². The van der Waals surface area contributed by atoms with Gasteiger partial charge in [0.15, 0.2) is 4.90 Å². The van der Waals surface area contributed by atoms with E-state index in [9.17, 15) is 9.35 Å². The molecule has 6 heteroatoms. The fourth-order valence-corrected chi connectivity index (χ4v) is 2.94. The first-order chi connectivity index (χ1) is 8.69. The number of carbonyl (C=O) groups excluding carboxylic acids is 1. The van der Waals surface area contributed by atoms with E-state index in [0.717, 1.165) is 15.9 Å². The lowest BCUT2D eigenvalue weighted by molar-refractivity contribution is -0.116. The summed E-state index contributed by atoms with van der Waals surface area (Å²) in [7, 11) is 0. The third-order valence-corrected chi connectivity index (χ3v) is 4.36. The minimum atomic E-state index is -0.976. The molecule has 1 N–H and O–H groups in total. The van der Waals surface area contributed by atoms with Crippen LogP contribution < -0.4 is 5.32 Å². The van der Waals surface area contributed by atoms with Crippen molar-refractivity contribution in [3.05, 3.63) is 18.2 Å². The maximum Gasteiger partial charge on any atom is 0.228 e. The van der Waals surface area contributed by atoms with Gasteiger partial charge in [-0.05, 0) is 30.2 Å². The normalized spacial score (nSPS) is 16.4. The van der Waals surface area contributed by atoms with Crippen LogP contribution in [0.4, 0.5) is 5.95 Å². The molecule has 0 spiro atoms. The number of carbonyl (C=O) groups is 1. The highest BCUT2D eigenvalue weighted by Crippen LogP contribution is 2.25. The number of amides is 1. The summed E-state index contributed by atoms with van der Waals surface area (Å²) in [4.78, 5) is 16.5. The molecule has 0 aliphatic carbocycles. The van der Waals surface area contributed by atoms with Crippen LogP contribution >= 0.6 is 0 Å². The van der Waals surface area contributed by atoms with Crippen molar-refractivity contribution in [3.8, 4) is 0 Å². The number of anilines is 1. The van der Waals surface area contributed by atoms with Crippen LogP contribution in [-0.2, 0) is 22.5 Å². The van der Waals surface area contributed by atoms with Crippen molar-refractivity contribution in [1.82, 2.24) is 9.55 Å². The zero-order valence-corrected chi connectivity index (χ0v) is 10.8. The Morgan fingerprint density at radius 1 is 1.56 bits per heavy atom. The highest BCUT2D eigenvalue weighted by Gasteiger charge is 2.20. The second-order valence-electron chi connectivity index (χ2n) is 4.17. The number of aromatic nitrogens is 2. The van der Waals surface area contributed by atoms with E-state index in [1.807, 2.05) is 29.7 Å². The van der Waals surface area contributed by atoms with Crippen molar-refractivity contribution in [1.29, 1.82) is 0 Å². The smallest absolute Gasteiger partial charge is 0.228 e. The molecule has 2 heterocycles. The highest BCUT2D eigenvalue weighted by atomic mass is 32.2. The zero-order chi connectivity index (χ0) is 12.7. The maximum atomic E-state index is 11.8. The SMILES string of the molecule is CC[S+]([O-])c1ccc2c(c1)nc1n2CCC(=O)N1. The molecular formula is C12H13N3O2S. The van der Waals surface area contributed by atoms with E-state index in [1.165, 1.54) is 0 Å². The molecule has 1 aromatic heterocycles. The minimum absolute atomic E-state index is 0.00448. The molecule has 0 saturated heterocycles. The number of aryl methyl sites for hydroxylation is 1. The molecule has 1 aliphatic rings. The number of imidazole rings is 1. The quantitative estimate of drug-likeness (QED) is 0.835. The van der Waals surface area contributed by atoms with E-state index in [0.29, 0.717) is 24.7 Å². The fraction of sp³-hybridized carbons (Fsp3) is 0.333. The number of benzene rings is 1. The minimum Gasteiger partial charge on any atom is -0.611 e. The Labute approximate surface area is 107 Å². The zero-order valence-electron chi connectivity index (χ0n) is 9.97. The van der Waals surface area contributed by atoms with Gasteiger partial charge in [-0.3, -0.25) is 10.1 Å². The number of hydrogen-bond donors (Lipinski definition) is 1. The molecule has 94 valence electrons. The molecule has 18 heavy (non-hydrogen) atoms. The molecule has 1 aromatic carbocycles. The Balaban J connectivity index is 2.11. The van der Waals surface area contributed by atoms with E-state index in [2.05, 4.69) is 10.3 Å². The van der Waals surface area contributed by atoms with Crippen LogP contribution in [0.3, 0.4) is 0 Å². The predicted octanol–water partition coefficient (Wildman–Crippen LogP) is 1.51. The summed E-state index contributed by atoms with van der Waals surface area (Å²) in [6.45, 7) is 2.53. The van der Waals surface area contributed by atoms with Crippen LogP contribution in [0.15, 0.2) is 23.1 Å². The Hall–Kier alpha value is -1.53. The predicted molar refractivity (Wildman–Crippen MR) is 69.9 cm³/mol. The second-order valence-corrected chi connectivity index (χ2v) is 5.91. The summed E-state index contributed by atoms with van der Waals surface area (Å²) < 4.78 is 13.7. The highest BCUT2D eigenvalue weighted by molar-refractivity contribution is 7.91. The van der Waals surface area contributed by atoms with Gasteiger partial charge in [-0.15, -0.1) is 0 Å². The molecule has 1 amide bonds. The maximum absolute atomic E-state index is 11.8. The Kier molecular flexibility index (Phi) is 2.76. The van der Waals surface area contributed by atoms with Gasteiger partial charge in [0.1, 0.15) is 5.75 Å². The molecular weight excluding hydrogens is 250 g/mol. The van der Waals surface area contributed by atoms with Gasteiger partial charge >= 0.3 is 0 Å². The average molecular weight is 263 g/mol. The van der Waals surface area contributed by atoms with E-state index >= 15 is 0 Å². The first-order valence-corrected chi connectivity index (χ1v) is 7.19. The number of fused-ring (bicyclic) bond motifs is 3. The van der Waals surface area contributed by atoms with E-state index in [4.69, 9.17) is 0 Å². The van der Waals surface area contributed by atoms with Gasteiger partial charge in [-0.1, -0.05) is 0 Å². The first-order valence-electron chi connectivity index (χ1n) is 5.87. The first kappa shape index (κ1) is 11.6. The lowest BCUT2D eigenvalue weighted by atomic mass is 10.3. The van der Waals surface area contributed by atoms with Crippen molar-refractivity contribution < 1.29 is 9.35 Å². The molecule has 1 unspecified atom stereocenters. The molecule has 0 bridgehead atoms. The summed E-state index contributed by atoms with van der Waals surface area (Å²) in [6.07, 6.45) is 0.473. The summed E-state index contributed by atoms with van der Waals surface area (Å²) >= 11 is -0.976. The van der Waals surface area contributed by atoms with E-state index in [1.54, 1.807) is 0 Å². The van der Waals surface area contributed by atoms with Crippen molar-refractivity contribution in [2.24, 2.45) is 0 Å². The molecule has 1 atom stereocenters. The molecule has 2 aromatic rings. The molecule has 0 saturated carbocycles. The Morgan fingerprint density at radius 3 is 3.17 bits per heavy atom. The van der Waals surface area contributed by atoms with Gasteiger partial charge in [-0.2, -0.15) is 0 Å². The van der Waals surface area contributed by atoms with Gasteiger partial charge < -0.3 is 9.12 Å². The third kappa shape index (κ3) is 1.77. The lowest BCUT2D eigenvalue weighted by Crippen LogP contribution is -2.23.